The van der Waals surface area contributed by atoms with E-state index in [9.17, 15) is 22.0 Å². The van der Waals surface area contributed by atoms with E-state index in [1.807, 2.05) is 6.92 Å². The minimum atomic E-state index is -3.80. The molecule has 0 saturated carbocycles. The Hall–Kier alpha value is -2.48. The van der Waals surface area contributed by atoms with Crippen molar-refractivity contribution in [2.45, 2.75) is 19.9 Å². The molecule has 1 N–H and O–H groups in total. The van der Waals surface area contributed by atoms with Gasteiger partial charge >= 0.3 is 0 Å². The molecule has 1 amide bonds. The Labute approximate surface area is 145 Å². The number of nitrogens with zero attached hydrogens (tertiary/aromatic N) is 1. The molecule has 2 aromatic rings. The van der Waals surface area contributed by atoms with Crippen LogP contribution in [0.4, 0.5) is 20.2 Å². The van der Waals surface area contributed by atoms with Gasteiger partial charge in [-0.1, -0.05) is 23.8 Å². The molecule has 1 atom stereocenters. The number of sulfonamides is 1. The standard InChI is InChI=1S/C17H18F2N2O3S/c1-11-7-9-13(10-8-11)21(25(3,23)24)12(2)17(22)20-16-14(18)5-4-6-15(16)19/h4-10,12H,1-3H3,(H,20,22)/t12-/m1/s1. The van der Waals surface area contributed by atoms with Crippen molar-refractivity contribution in [1.82, 2.24) is 0 Å². The summed E-state index contributed by atoms with van der Waals surface area (Å²) >= 11 is 0. The van der Waals surface area contributed by atoms with Crippen LogP contribution in [-0.2, 0) is 14.8 Å². The van der Waals surface area contributed by atoms with Crippen LogP contribution in [0.5, 0.6) is 0 Å². The number of halogens is 2. The molecule has 25 heavy (non-hydrogen) atoms. The van der Waals surface area contributed by atoms with Crippen LogP contribution in [0.1, 0.15) is 12.5 Å². The summed E-state index contributed by atoms with van der Waals surface area (Å²) in [5.41, 5.74) is 0.587. The van der Waals surface area contributed by atoms with Gasteiger partial charge in [-0.2, -0.15) is 0 Å². The van der Waals surface area contributed by atoms with Crippen molar-refractivity contribution in [3.8, 4) is 0 Å². The van der Waals surface area contributed by atoms with Crippen LogP contribution in [0.25, 0.3) is 0 Å². The van der Waals surface area contributed by atoms with Crippen molar-refractivity contribution in [3.05, 3.63) is 59.7 Å². The Balaban J connectivity index is 2.35. The van der Waals surface area contributed by atoms with Crippen LogP contribution in [0.3, 0.4) is 0 Å². The van der Waals surface area contributed by atoms with Gasteiger partial charge in [-0.3, -0.25) is 9.10 Å². The lowest BCUT2D eigenvalue weighted by molar-refractivity contribution is -0.116. The van der Waals surface area contributed by atoms with E-state index in [2.05, 4.69) is 5.32 Å². The second kappa shape index (κ2) is 7.18. The van der Waals surface area contributed by atoms with E-state index in [1.54, 1.807) is 24.3 Å². The number of hydrogen-bond acceptors (Lipinski definition) is 3. The number of rotatable bonds is 5. The molecule has 134 valence electrons. The lowest BCUT2D eigenvalue weighted by Gasteiger charge is -2.28. The first kappa shape index (κ1) is 18.9. The Morgan fingerprint density at radius 2 is 1.60 bits per heavy atom. The lowest BCUT2D eigenvalue weighted by atomic mass is 10.2. The zero-order chi connectivity index (χ0) is 18.8. The predicted molar refractivity (Wildman–Crippen MR) is 93.0 cm³/mol. The average molecular weight is 368 g/mol. The lowest BCUT2D eigenvalue weighted by Crippen LogP contribution is -2.45. The Kier molecular flexibility index (Phi) is 5.42. The number of hydrogen-bond donors (Lipinski definition) is 1. The first-order valence-corrected chi connectivity index (χ1v) is 9.27. The highest BCUT2D eigenvalue weighted by Gasteiger charge is 2.30. The minimum absolute atomic E-state index is 0.282. The van der Waals surface area contributed by atoms with Crippen LogP contribution in [-0.4, -0.2) is 26.6 Å². The van der Waals surface area contributed by atoms with Gasteiger partial charge in [0.05, 0.1) is 11.9 Å². The van der Waals surface area contributed by atoms with E-state index in [-0.39, 0.29) is 5.69 Å². The van der Waals surface area contributed by atoms with E-state index < -0.39 is 39.3 Å². The number of para-hydroxylation sites is 1. The van der Waals surface area contributed by atoms with E-state index in [0.29, 0.717) is 0 Å². The monoisotopic (exact) mass is 368 g/mol. The number of carbonyl (C=O) groups is 1. The minimum Gasteiger partial charge on any atom is -0.319 e. The summed E-state index contributed by atoms with van der Waals surface area (Å²) in [5, 5.41) is 2.12. The molecular formula is C17H18F2N2O3S. The SMILES string of the molecule is Cc1ccc(N([C@H](C)C(=O)Nc2c(F)cccc2F)S(C)(=O)=O)cc1. The average Bonchev–Trinajstić information content (AvgIpc) is 2.51. The zero-order valence-electron chi connectivity index (χ0n) is 14.0. The Morgan fingerprint density at radius 1 is 1.08 bits per heavy atom. The molecule has 0 fully saturated rings. The summed E-state index contributed by atoms with van der Waals surface area (Å²) in [6, 6.07) is 8.47. The largest absolute Gasteiger partial charge is 0.319 e. The summed E-state index contributed by atoms with van der Waals surface area (Å²) in [7, 11) is -3.80. The van der Waals surface area contributed by atoms with Crippen molar-refractivity contribution in [2.24, 2.45) is 0 Å². The smallest absolute Gasteiger partial charge is 0.248 e. The van der Waals surface area contributed by atoms with Gasteiger partial charge in [0.15, 0.2) is 0 Å². The third kappa shape index (κ3) is 4.33. The van der Waals surface area contributed by atoms with Gasteiger partial charge in [-0.05, 0) is 38.1 Å². The molecule has 0 bridgehead atoms. The van der Waals surface area contributed by atoms with Gasteiger partial charge in [-0.15, -0.1) is 0 Å². The fraction of sp³-hybridized carbons (Fsp3) is 0.235. The topological polar surface area (TPSA) is 66.5 Å². The van der Waals surface area contributed by atoms with Crippen LogP contribution in [0.2, 0.25) is 0 Å². The third-order valence-corrected chi connectivity index (χ3v) is 4.83. The maximum Gasteiger partial charge on any atom is 0.248 e. The molecule has 0 radical (unpaired) electrons. The number of amides is 1. The Bertz CT molecular complexity index is 863. The maximum atomic E-state index is 13.7. The van der Waals surface area contributed by atoms with Crippen LogP contribution in [0.15, 0.2) is 42.5 Å². The van der Waals surface area contributed by atoms with E-state index in [1.165, 1.54) is 13.0 Å². The van der Waals surface area contributed by atoms with Gasteiger partial charge in [0.25, 0.3) is 0 Å². The molecule has 0 heterocycles. The molecule has 0 aliphatic heterocycles. The van der Waals surface area contributed by atoms with Gasteiger partial charge in [-0.25, -0.2) is 17.2 Å². The van der Waals surface area contributed by atoms with Gasteiger partial charge in [0.2, 0.25) is 15.9 Å². The predicted octanol–water partition coefficient (Wildman–Crippen LogP) is 3.07. The molecule has 0 saturated heterocycles. The number of carbonyl (C=O) groups excluding carboxylic acids is 1. The highest BCUT2D eigenvalue weighted by molar-refractivity contribution is 7.92. The zero-order valence-corrected chi connectivity index (χ0v) is 14.8. The second-order valence-corrected chi connectivity index (χ2v) is 7.52. The van der Waals surface area contributed by atoms with Crippen molar-refractivity contribution >= 4 is 27.3 Å². The molecule has 5 nitrogen and oxygen atoms in total. The first-order valence-electron chi connectivity index (χ1n) is 7.42. The van der Waals surface area contributed by atoms with Crippen molar-refractivity contribution < 1.29 is 22.0 Å². The van der Waals surface area contributed by atoms with Crippen LogP contribution < -0.4 is 9.62 Å². The van der Waals surface area contributed by atoms with Gasteiger partial charge < -0.3 is 5.32 Å². The summed E-state index contributed by atoms with van der Waals surface area (Å²) in [6.07, 6.45) is 0.959. The van der Waals surface area contributed by atoms with Crippen LogP contribution in [0, 0.1) is 18.6 Å². The highest BCUT2D eigenvalue weighted by Crippen LogP contribution is 2.23. The van der Waals surface area contributed by atoms with Crippen molar-refractivity contribution in [1.29, 1.82) is 0 Å². The molecular weight excluding hydrogens is 350 g/mol. The molecule has 0 unspecified atom stereocenters. The van der Waals surface area contributed by atoms with Crippen LogP contribution >= 0.6 is 0 Å². The molecule has 0 aliphatic rings. The first-order chi connectivity index (χ1) is 11.6. The normalized spacial score (nSPS) is 12.5. The van der Waals surface area contributed by atoms with Crippen molar-refractivity contribution in [3.63, 3.8) is 0 Å². The summed E-state index contributed by atoms with van der Waals surface area (Å²) in [4.78, 5) is 12.4. The second-order valence-electron chi connectivity index (χ2n) is 5.66. The van der Waals surface area contributed by atoms with E-state index in [0.717, 1.165) is 28.3 Å². The summed E-state index contributed by atoms with van der Waals surface area (Å²) in [5.74, 6) is -2.74. The molecule has 2 rings (SSSR count). The molecule has 2 aromatic carbocycles. The molecule has 0 spiro atoms. The summed E-state index contributed by atoms with van der Waals surface area (Å²) < 4.78 is 52.6. The molecule has 0 aromatic heterocycles. The van der Waals surface area contributed by atoms with E-state index >= 15 is 0 Å². The number of benzene rings is 2. The fourth-order valence-corrected chi connectivity index (χ4v) is 3.52. The quantitative estimate of drug-likeness (QED) is 0.882. The third-order valence-electron chi connectivity index (χ3n) is 3.59. The van der Waals surface area contributed by atoms with Gasteiger partial charge in [0, 0.05) is 0 Å². The number of anilines is 2. The van der Waals surface area contributed by atoms with Gasteiger partial charge in [0.1, 0.15) is 23.4 Å². The van der Waals surface area contributed by atoms with Crippen molar-refractivity contribution in [2.75, 3.05) is 15.9 Å². The summed E-state index contributed by atoms with van der Waals surface area (Å²) in [6.45, 7) is 3.18. The Morgan fingerprint density at radius 3 is 2.08 bits per heavy atom. The number of aryl methyl sites for hydroxylation is 1. The highest BCUT2D eigenvalue weighted by atomic mass is 32.2. The number of nitrogens with one attached hydrogen (secondary N) is 1. The molecule has 0 aliphatic carbocycles. The van der Waals surface area contributed by atoms with E-state index in [4.69, 9.17) is 0 Å². The molecule has 8 heteroatoms. The fourth-order valence-electron chi connectivity index (χ4n) is 2.35. The maximum absolute atomic E-state index is 13.7.